The van der Waals surface area contributed by atoms with Crippen LogP contribution in [0.15, 0.2) is 24.3 Å². The first-order valence-corrected chi connectivity index (χ1v) is 11.6. The second-order valence-electron chi connectivity index (χ2n) is 8.30. The van der Waals surface area contributed by atoms with Crippen LogP contribution < -0.4 is 5.48 Å². The molecule has 1 aliphatic carbocycles. The van der Waals surface area contributed by atoms with E-state index in [2.05, 4.69) is 4.98 Å². The summed E-state index contributed by atoms with van der Waals surface area (Å²) in [4.78, 5) is 15.5. The molecule has 1 aromatic carbocycles. The Kier molecular flexibility index (Phi) is 8.59. The number of aliphatic hydroxyl groups excluding tert-OH is 3. The van der Waals surface area contributed by atoms with Gasteiger partial charge < -0.3 is 15.3 Å². The fraction of sp³-hybridized carbons (Fsp3) is 0.636. The minimum absolute atomic E-state index is 0.0239. The summed E-state index contributed by atoms with van der Waals surface area (Å²) in [6.07, 6.45) is 4.46. The molecule has 166 valence electrons. The van der Waals surface area contributed by atoms with E-state index < -0.39 is 18.3 Å². The number of rotatable bonds is 11. The Bertz CT molecular complexity index is 781. The van der Waals surface area contributed by atoms with Crippen molar-refractivity contribution in [3.8, 4) is 0 Å². The molecule has 1 saturated carbocycles. The largest absolute Gasteiger partial charge is 0.393 e. The maximum Gasteiger partial charge on any atom is 0.243 e. The van der Waals surface area contributed by atoms with Gasteiger partial charge in [-0.1, -0.05) is 31.4 Å². The average Bonchev–Trinajstić information content (AvgIpc) is 3.29. The van der Waals surface area contributed by atoms with Crippen LogP contribution in [-0.4, -0.2) is 43.6 Å². The van der Waals surface area contributed by atoms with E-state index in [9.17, 15) is 20.1 Å². The molecule has 1 amide bonds. The molecule has 0 bridgehead atoms. The SMILES string of the molecule is O=C(CCCCCCC1C(O)CC(O)C1CCC(O)c1nc2ccccc2s1)NO. The van der Waals surface area contributed by atoms with Crippen molar-refractivity contribution in [1.82, 2.24) is 10.5 Å². The fourth-order valence-corrected chi connectivity index (χ4v) is 5.55. The number of nitrogens with one attached hydrogen (secondary N) is 1. The lowest BCUT2D eigenvalue weighted by atomic mass is 9.85. The molecule has 0 aliphatic heterocycles. The number of hydrogen-bond donors (Lipinski definition) is 5. The highest BCUT2D eigenvalue weighted by molar-refractivity contribution is 7.18. The number of fused-ring (bicyclic) bond motifs is 1. The maximum absolute atomic E-state index is 11.0. The molecule has 0 spiro atoms. The van der Waals surface area contributed by atoms with E-state index in [0.717, 1.165) is 42.3 Å². The summed E-state index contributed by atoms with van der Waals surface area (Å²) in [5, 5.41) is 40.6. The monoisotopic (exact) mass is 436 g/mol. The molecule has 8 heteroatoms. The van der Waals surface area contributed by atoms with Crippen LogP contribution in [0, 0.1) is 11.8 Å². The number of aliphatic hydroxyl groups is 3. The number of unbranched alkanes of at least 4 members (excludes halogenated alkanes) is 3. The van der Waals surface area contributed by atoms with Crippen LogP contribution in [0.2, 0.25) is 0 Å². The van der Waals surface area contributed by atoms with Gasteiger partial charge in [-0.2, -0.15) is 0 Å². The van der Waals surface area contributed by atoms with Gasteiger partial charge in [0.25, 0.3) is 0 Å². The predicted molar refractivity (Wildman–Crippen MR) is 115 cm³/mol. The molecule has 2 aromatic rings. The molecule has 0 saturated heterocycles. The van der Waals surface area contributed by atoms with Crippen LogP contribution in [0.3, 0.4) is 0 Å². The van der Waals surface area contributed by atoms with Gasteiger partial charge in [-0.3, -0.25) is 10.0 Å². The van der Waals surface area contributed by atoms with Gasteiger partial charge in [0, 0.05) is 6.42 Å². The molecule has 1 fully saturated rings. The van der Waals surface area contributed by atoms with Crippen molar-refractivity contribution in [2.45, 2.75) is 76.1 Å². The third kappa shape index (κ3) is 5.98. The van der Waals surface area contributed by atoms with Crippen molar-refractivity contribution < 1.29 is 25.3 Å². The zero-order valence-electron chi connectivity index (χ0n) is 17.1. The molecule has 30 heavy (non-hydrogen) atoms. The quantitative estimate of drug-likeness (QED) is 0.209. The predicted octanol–water partition coefficient (Wildman–Crippen LogP) is 3.31. The molecular weight excluding hydrogens is 404 g/mol. The lowest BCUT2D eigenvalue weighted by Crippen LogP contribution is -2.23. The summed E-state index contributed by atoms with van der Waals surface area (Å²) < 4.78 is 1.05. The van der Waals surface area contributed by atoms with Crippen LogP contribution in [0.4, 0.5) is 0 Å². The van der Waals surface area contributed by atoms with Gasteiger partial charge in [-0.05, 0) is 56.1 Å². The Balaban J connectivity index is 1.46. The highest BCUT2D eigenvalue weighted by atomic mass is 32.1. The first-order chi connectivity index (χ1) is 14.5. The van der Waals surface area contributed by atoms with Crippen molar-refractivity contribution in [3.05, 3.63) is 29.3 Å². The van der Waals surface area contributed by atoms with E-state index in [-0.39, 0.29) is 17.7 Å². The summed E-state index contributed by atoms with van der Waals surface area (Å²) in [5.41, 5.74) is 2.53. The van der Waals surface area contributed by atoms with Gasteiger partial charge in [0.1, 0.15) is 11.1 Å². The van der Waals surface area contributed by atoms with Crippen molar-refractivity contribution in [2.24, 2.45) is 11.8 Å². The number of carbonyl (C=O) groups excluding carboxylic acids is 1. The van der Waals surface area contributed by atoms with Crippen molar-refractivity contribution in [3.63, 3.8) is 0 Å². The highest BCUT2D eigenvalue weighted by Crippen LogP contribution is 2.40. The normalized spacial score (nSPS) is 24.9. The minimum Gasteiger partial charge on any atom is -0.393 e. The summed E-state index contributed by atoms with van der Waals surface area (Å²) in [7, 11) is 0. The number of para-hydroxylation sites is 1. The van der Waals surface area contributed by atoms with Crippen LogP contribution >= 0.6 is 11.3 Å². The molecular formula is C22H32N2O5S. The maximum atomic E-state index is 11.0. The van der Waals surface area contributed by atoms with Gasteiger partial charge in [0.2, 0.25) is 5.91 Å². The van der Waals surface area contributed by atoms with Crippen LogP contribution in [-0.2, 0) is 4.79 Å². The number of aromatic nitrogens is 1. The van der Waals surface area contributed by atoms with Gasteiger partial charge >= 0.3 is 0 Å². The minimum atomic E-state index is -0.661. The third-order valence-corrected chi connectivity index (χ3v) is 7.34. The number of benzene rings is 1. The summed E-state index contributed by atoms with van der Waals surface area (Å²) in [6.45, 7) is 0. The van der Waals surface area contributed by atoms with Gasteiger partial charge in [0.05, 0.1) is 22.4 Å². The first-order valence-electron chi connectivity index (χ1n) is 10.8. The van der Waals surface area contributed by atoms with Crippen LogP contribution in [0.1, 0.15) is 68.9 Å². The van der Waals surface area contributed by atoms with Gasteiger partial charge in [0.15, 0.2) is 0 Å². The molecule has 0 radical (unpaired) electrons. The average molecular weight is 437 g/mol. The Morgan fingerprint density at radius 2 is 1.80 bits per heavy atom. The van der Waals surface area contributed by atoms with E-state index in [1.807, 2.05) is 24.3 Å². The first kappa shape index (κ1) is 23.1. The Morgan fingerprint density at radius 1 is 1.10 bits per heavy atom. The Labute approximate surface area is 180 Å². The van der Waals surface area contributed by atoms with E-state index in [1.165, 1.54) is 11.3 Å². The molecule has 5 unspecified atom stereocenters. The van der Waals surface area contributed by atoms with Crippen LogP contribution in [0.25, 0.3) is 10.2 Å². The Hall–Kier alpha value is -1.58. The number of amides is 1. The highest BCUT2D eigenvalue weighted by Gasteiger charge is 2.41. The molecule has 1 aliphatic rings. The van der Waals surface area contributed by atoms with Crippen LogP contribution in [0.5, 0.6) is 0 Å². The number of nitrogens with zero attached hydrogens (tertiary/aromatic N) is 1. The van der Waals surface area contributed by atoms with Gasteiger partial charge in [-0.15, -0.1) is 11.3 Å². The fourth-order valence-electron chi connectivity index (χ4n) is 4.56. The Morgan fingerprint density at radius 3 is 2.53 bits per heavy atom. The molecule has 1 aromatic heterocycles. The van der Waals surface area contributed by atoms with E-state index in [0.29, 0.717) is 30.7 Å². The zero-order chi connectivity index (χ0) is 21.5. The standard InChI is InChI=1S/C22H32N2O5S/c25-17(22-23-16-8-5-6-9-20(16)30-22)12-11-15-14(18(26)13-19(15)27)7-3-1-2-4-10-21(28)24-29/h5-6,8-9,14-15,17-19,25-27,29H,1-4,7,10-13H2,(H,24,28). The van der Waals surface area contributed by atoms with E-state index >= 15 is 0 Å². The molecule has 1 heterocycles. The van der Waals surface area contributed by atoms with Gasteiger partial charge in [-0.25, -0.2) is 10.5 Å². The van der Waals surface area contributed by atoms with E-state index in [4.69, 9.17) is 5.21 Å². The smallest absolute Gasteiger partial charge is 0.243 e. The van der Waals surface area contributed by atoms with Crippen molar-refractivity contribution in [2.75, 3.05) is 0 Å². The third-order valence-electron chi connectivity index (χ3n) is 6.21. The molecule has 5 atom stereocenters. The van der Waals surface area contributed by atoms with Crippen molar-refractivity contribution in [1.29, 1.82) is 0 Å². The summed E-state index contributed by atoms with van der Waals surface area (Å²) in [6, 6.07) is 7.82. The molecule has 5 N–H and O–H groups in total. The number of thiazole rings is 1. The zero-order valence-corrected chi connectivity index (χ0v) is 17.9. The lowest BCUT2D eigenvalue weighted by molar-refractivity contribution is -0.129. The second kappa shape index (κ2) is 11.2. The van der Waals surface area contributed by atoms with E-state index in [1.54, 1.807) is 5.48 Å². The number of carbonyl (C=O) groups is 1. The summed E-state index contributed by atoms with van der Waals surface area (Å²) in [5.74, 6) is -0.358. The number of hydrogen-bond acceptors (Lipinski definition) is 7. The second-order valence-corrected chi connectivity index (χ2v) is 9.36. The lowest BCUT2D eigenvalue weighted by Gasteiger charge is -2.24. The summed E-state index contributed by atoms with van der Waals surface area (Å²) >= 11 is 1.50. The van der Waals surface area contributed by atoms with Crippen molar-refractivity contribution >= 4 is 27.5 Å². The number of hydroxylamine groups is 1. The topological polar surface area (TPSA) is 123 Å². The molecule has 7 nitrogen and oxygen atoms in total. The molecule has 3 rings (SSSR count).